The van der Waals surface area contributed by atoms with Crippen LogP contribution in [0.3, 0.4) is 0 Å². The zero-order valence-corrected chi connectivity index (χ0v) is 19.0. The largest absolute Gasteiger partial charge is 0.147 e. The third-order valence-electron chi connectivity index (χ3n) is 4.89. The maximum atomic E-state index is 2.62. The smallest absolute Gasteiger partial charge is 0.147 e. The van der Waals surface area contributed by atoms with E-state index in [2.05, 4.69) is 62.1 Å². The molecule has 0 heterocycles. The van der Waals surface area contributed by atoms with Gasteiger partial charge in [-0.1, -0.05) is 0 Å². The van der Waals surface area contributed by atoms with Crippen LogP contribution in [0, 0.1) is 5.92 Å². The van der Waals surface area contributed by atoms with Gasteiger partial charge in [0.15, 0.2) is 0 Å². The van der Waals surface area contributed by atoms with Gasteiger partial charge in [0.2, 0.25) is 0 Å². The van der Waals surface area contributed by atoms with E-state index < -0.39 is 17.4 Å². The van der Waals surface area contributed by atoms with Gasteiger partial charge in [0, 0.05) is 0 Å². The van der Waals surface area contributed by atoms with Crippen LogP contribution in [-0.4, -0.2) is 6.88 Å². The van der Waals surface area contributed by atoms with Crippen LogP contribution in [0.15, 0.2) is 41.5 Å². The molecule has 1 atom stereocenters. The molecule has 0 amide bonds. The van der Waals surface area contributed by atoms with Crippen molar-refractivity contribution in [3.8, 4) is 0 Å². The topological polar surface area (TPSA) is 0 Å². The third kappa shape index (κ3) is 3.35. The molecule has 2 aliphatic rings. The van der Waals surface area contributed by atoms with Crippen molar-refractivity contribution >= 4 is 31.7 Å². The van der Waals surface area contributed by atoms with Crippen molar-refractivity contribution < 1.29 is 17.4 Å². The summed E-state index contributed by atoms with van der Waals surface area (Å²) in [5.74, 6) is 0.657. The van der Waals surface area contributed by atoms with E-state index in [-0.39, 0.29) is 24.8 Å². The van der Waals surface area contributed by atoms with E-state index in [1.54, 1.807) is 8.85 Å². The Morgan fingerprint density at radius 3 is 2.05 bits per heavy atom. The minimum atomic E-state index is -2.86. The summed E-state index contributed by atoms with van der Waals surface area (Å²) in [7, 11) is 0. The summed E-state index contributed by atoms with van der Waals surface area (Å²) in [4.78, 5) is 0. The zero-order chi connectivity index (χ0) is 13.7. The van der Waals surface area contributed by atoms with Crippen LogP contribution in [-0.2, 0) is 17.4 Å². The number of halogens is 2. The summed E-state index contributed by atoms with van der Waals surface area (Å²) in [6, 6.07) is 0. The first-order valence-corrected chi connectivity index (χ1v) is 20.3. The summed E-state index contributed by atoms with van der Waals surface area (Å²) in [6.45, 7) is 11.6. The third-order valence-corrected chi connectivity index (χ3v) is 22.0. The van der Waals surface area contributed by atoms with Gasteiger partial charge >= 0.3 is 115 Å². The normalized spacial score (nSPS) is 22.8. The molecule has 0 saturated carbocycles. The van der Waals surface area contributed by atoms with Crippen LogP contribution in [0.5, 0.6) is 0 Å². The Morgan fingerprint density at radius 1 is 1.15 bits per heavy atom. The molecule has 2 rings (SSSR count). The Morgan fingerprint density at radius 2 is 1.70 bits per heavy atom. The van der Waals surface area contributed by atoms with Crippen molar-refractivity contribution in [1.82, 2.24) is 0 Å². The fourth-order valence-electron chi connectivity index (χ4n) is 3.86. The molecule has 0 radical (unpaired) electrons. The van der Waals surface area contributed by atoms with E-state index in [0.717, 1.165) is 0 Å². The molecule has 0 bridgehead atoms. The fourth-order valence-corrected chi connectivity index (χ4v) is 20.4. The second-order valence-corrected chi connectivity index (χ2v) is 35.8. The van der Waals surface area contributed by atoms with Gasteiger partial charge in [-0.05, 0) is 0 Å². The first-order chi connectivity index (χ1) is 8.12. The molecule has 0 nitrogen and oxygen atoms in total. The molecule has 0 saturated heterocycles. The predicted octanol–water partition coefficient (Wildman–Crippen LogP) is 5.27. The van der Waals surface area contributed by atoms with Gasteiger partial charge in [0.1, 0.15) is 0 Å². The van der Waals surface area contributed by atoms with Crippen molar-refractivity contribution in [2.24, 2.45) is 5.92 Å². The van der Waals surface area contributed by atoms with E-state index in [0.29, 0.717) is 5.92 Å². The summed E-state index contributed by atoms with van der Waals surface area (Å²) < 4.78 is 8.85. The van der Waals surface area contributed by atoms with Gasteiger partial charge in [-0.15, -0.1) is 24.8 Å². The predicted molar refractivity (Wildman–Crippen MR) is 96.8 cm³/mol. The quantitative estimate of drug-likeness (QED) is 0.544. The Bertz CT molecular complexity index is 600. The number of hydrogen-bond donors (Lipinski definition) is 0. The molecule has 2 aliphatic carbocycles. The minimum Gasteiger partial charge on any atom is -0.147 e. The average Bonchev–Trinajstić information content (AvgIpc) is 2.73. The van der Waals surface area contributed by atoms with Crippen molar-refractivity contribution in [2.75, 3.05) is 0 Å². The van der Waals surface area contributed by atoms with Gasteiger partial charge in [-0.3, -0.25) is 0 Å². The van der Waals surface area contributed by atoms with E-state index in [1.165, 1.54) is 17.6 Å². The van der Waals surface area contributed by atoms with E-state index in [4.69, 9.17) is 0 Å². The number of hydrogen-bond acceptors (Lipinski definition) is 0. The van der Waals surface area contributed by atoms with E-state index in [9.17, 15) is 0 Å². The number of rotatable bonds is 2. The second-order valence-electron chi connectivity index (χ2n) is 7.18. The van der Waals surface area contributed by atoms with Crippen LogP contribution in [0.2, 0.25) is 9.26 Å². The van der Waals surface area contributed by atoms with Gasteiger partial charge in [-0.2, -0.15) is 0 Å². The van der Waals surface area contributed by atoms with Crippen LogP contribution in [0.25, 0.3) is 0 Å². The second kappa shape index (κ2) is 6.41. The van der Waals surface area contributed by atoms with Gasteiger partial charge in [-0.25, -0.2) is 0 Å². The van der Waals surface area contributed by atoms with E-state index >= 15 is 0 Å². The maximum Gasteiger partial charge on any atom is -0.147 e. The fraction of sp³-hybridized carbons (Fsp3) is 0.500. The molecule has 0 fully saturated rings. The van der Waals surface area contributed by atoms with Crippen molar-refractivity contribution in [1.29, 1.82) is 0 Å². The summed E-state index contributed by atoms with van der Waals surface area (Å²) in [6.07, 6.45) is 8.56. The minimum absolute atomic E-state index is 0. The zero-order valence-electron chi connectivity index (χ0n) is 13.5. The van der Waals surface area contributed by atoms with Crippen LogP contribution in [0.1, 0.15) is 34.1 Å². The van der Waals surface area contributed by atoms with Gasteiger partial charge in [0.05, 0.1) is 0 Å². The molecule has 20 heavy (non-hydrogen) atoms. The molecule has 0 N–H and O–H groups in total. The SMILES string of the molecule is CC1=CC[C]([Zr]([CH3])([CH3])(=[SiH2])[C]2=C(C)C(C)=CC2C)=C1.Cl.Cl. The molecule has 0 aromatic rings. The standard InChI is InChI=1S/C8H11.C6H7.2CH3.2ClH.H2Si.Zr/c1-6-4-7(2)8(3)5-6;1-6-4-2-3-5-6;;;;;;/h4,6H,1-3H3;4-5H,2H2,1H3;2*1H3;2*1H;1H2;. The Labute approximate surface area is 139 Å². The van der Waals surface area contributed by atoms with Crippen molar-refractivity contribution in [2.45, 2.75) is 43.4 Å². The summed E-state index contributed by atoms with van der Waals surface area (Å²) in [5.41, 5.74) is 4.57. The average molecular weight is 411 g/mol. The molecule has 0 aliphatic heterocycles. The molecular weight excluding hydrogens is 382 g/mol. The van der Waals surface area contributed by atoms with Crippen molar-refractivity contribution in [3.63, 3.8) is 0 Å². The molecule has 4 heteroatoms. The molecule has 1 unspecified atom stereocenters. The Hall–Kier alpha value is 0.640. The first kappa shape index (κ1) is 20.6. The number of allylic oxidation sites excluding steroid dienone is 8. The Balaban J connectivity index is 0.00000180. The molecule has 0 aromatic carbocycles. The first-order valence-electron chi connectivity index (χ1n) is 6.97. The molecule has 0 spiro atoms. The van der Waals surface area contributed by atoms with Gasteiger partial charge in [0.25, 0.3) is 0 Å². The molecular formula is C16H28Cl2SiZr. The van der Waals surface area contributed by atoms with Crippen LogP contribution < -0.4 is 0 Å². The van der Waals surface area contributed by atoms with Crippen molar-refractivity contribution in [3.05, 3.63) is 41.5 Å². The summed E-state index contributed by atoms with van der Waals surface area (Å²) in [5, 5.41) is 0. The summed E-state index contributed by atoms with van der Waals surface area (Å²) >= 11 is -2.86. The Kier molecular flexibility index (Phi) is 6.61. The van der Waals surface area contributed by atoms with Crippen LogP contribution in [0.4, 0.5) is 0 Å². The van der Waals surface area contributed by atoms with E-state index in [1.807, 2.05) is 3.28 Å². The van der Waals surface area contributed by atoms with Gasteiger partial charge < -0.3 is 0 Å². The van der Waals surface area contributed by atoms with Crippen LogP contribution >= 0.6 is 24.8 Å². The monoisotopic (exact) mass is 408 g/mol. The maximum absolute atomic E-state index is 2.86. The molecule has 114 valence electrons. The molecule has 0 aromatic heterocycles.